The smallest absolute Gasteiger partial charge is 0.171 e. The van der Waals surface area contributed by atoms with Crippen molar-refractivity contribution in [2.24, 2.45) is 7.05 Å². The van der Waals surface area contributed by atoms with Gasteiger partial charge in [0.25, 0.3) is 0 Å². The third kappa shape index (κ3) is 1.88. The van der Waals surface area contributed by atoms with Crippen molar-refractivity contribution in [3.63, 3.8) is 0 Å². The van der Waals surface area contributed by atoms with Crippen molar-refractivity contribution in [3.05, 3.63) is 6.20 Å². The molecule has 1 aromatic heterocycles. The Morgan fingerprint density at radius 3 is 2.92 bits per heavy atom. The molecule has 1 heterocycles. The van der Waals surface area contributed by atoms with Gasteiger partial charge >= 0.3 is 0 Å². The minimum atomic E-state index is -0.0257. The lowest BCUT2D eigenvalue weighted by Crippen LogP contribution is -2.20. The summed E-state index contributed by atoms with van der Waals surface area (Å²) in [4.78, 5) is 0. The molecule has 1 rings (SSSR count). The molecule has 0 aromatic carbocycles. The third-order valence-corrected chi connectivity index (χ3v) is 1.51. The number of aliphatic hydroxyl groups excluding tert-OH is 1. The van der Waals surface area contributed by atoms with Crippen LogP contribution in [0.15, 0.2) is 6.20 Å². The molecule has 4 N–H and O–H groups in total. The van der Waals surface area contributed by atoms with Crippen LogP contribution in [-0.2, 0) is 7.05 Å². The highest BCUT2D eigenvalue weighted by molar-refractivity contribution is 5.60. The van der Waals surface area contributed by atoms with Gasteiger partial charge in [0.15, 0.2) is 5.82 Å². The molecule has 5 nitrogen and oxygen atoms in total. The third-order valence-electron chi connectivity index (χ3n) is 1.51. The van der Waals surface area contributed by atoms with Gasteiger partial charge in [-0.25, -0.2) is 0 Å². The van der Waals surface area contributed by atoms with Gasteiger partial charge in [0.1, 0.15) is 0 Å². The Kier molecular flexibility index (Phi) is 2.54. The van der Waals surface area contributed by atoms with Crippen LogP contribution in [-0.4, -0.2) is 27.5 Å². The SMILES string of the molecule is CC(CO)Nc1nn(C)cc1N. The fraction of sp³-hybridized carbons (Fsp3) is 0.571. The highest BCUT2D eigenvalue weighted by Crippen LogP contribution is 2.14. The van der Waals surface area contributed by atoms with Crippen molar-refractivity contribution in [3.8, 4) is 0 Å². The van der Waals surface area contributed by atoms with Gasteiger partial charge in [-0.1, -0.05) is 0 Å². The van der Waals surface area contributed by atoms with Gasteiger partial charge in [0.2, 0.25) is 0 Å². The normalized spacial score (nSPS) is 12.9. The van der Waals surface area contributed by atoms with Crippen molar-refractivity contribution in [1.82, 2.24) is 9.78 Å². The number of anilines is 2. The lowest BCUT2D eigenvalue weighted by atomic mass is 10.3. The molecule has 12 heavy (non-hydrogen) atoms. The predicted octanol–water partition coefficient (Wildman–Crippen LogP) is -0.205. The number of nitrogens with one attached hydrogen (secondary N) is 1. The Bertz CT molecular complexity index is 258. The molecule has 1 aromatic rings. The molecule has 0 aliphatic heterocycles. The second-order valence-electron chi connectivity index (χ2n) is 2.83. The van der Waals surface area contributed by atoms with Gasteiger partial charge in [0.05, 0.1) is 12.3 Å². The van der Waals surface area contributed by atoms with Crippen LogP contribution in [0.3, 0.4) is 0 Å². The van der Waals surface area contributed by atoms with E-state index in [-0.39, 0.29) is 12.6 Å². The lowest BCUT2D eigenvalue weighted by Gasteiger charge is -2.09. The van der Waals surface area contributed by atoms with Crippen LogP contribution in [0.4, 0.5) is 11.5 Å². The average molecular weight is 170 g/mol. The molecule has 0 saturated carbocycles. The van der Waals surface area contributed by atoms with Crippen LogP contribution in [0.2, 0.25) is 0 Å². The fourth-order valence-electron chi connectivity index (χ4n) is 0.898. The number of aryl methyl sites for hydroxylation is 1. The molecular formula is C7H14N4O. The summed E-state index contributed by atoms with van der Waals surface area (Å²) in [5.41, 5.74) is 6.21. The summed E-state index contributed by atoms with van der Waals surface area (Å²) in [5, 5.41) is 15.8. The van der Waals surface area contributed by atoms with E-state index < -0.39 is 0 Å². The van der Waals surface area contributed by atoms with Crippen molar-refractivity contribution in [2.45, 2.75) is 13.0 Å². The van der Waals surface area contributed by atoms with Crippen LogP contribution >= 0.6 is 0 Å². The van der Waals surface area contributed by atoms with Gasteiger partial charge in [-0.3, -0.25) is 4.68 Å². The number of hydrogen-bond donors (Lipinski definition) is 3. The predicted molar refractivity (Wildman–Crippen MR) is 47.8 cm³/mol. The zero-order chi connectivity index (χ0) is 9.14. The van der Waals surface area contributed by atoms with Gasteiger partial charge in [0, 0.05) is 19.3 Å². The summed E-state index contributed by atoms with van der Waals surface area (Å²) in [7, 11) is 1.80. The number of nitrogens with zero attached hydrogens (tertiary/aromatic N) is 2. The van der Waals surface area contributed by atoms with E-state index in [9.17, 15) is 0 Å². The van der Waals surface area contributed by atoms with Crippen LogP contribution in [0.1, 0.15) is 6.92 Å². The van der Waals surface area contributed by atoms with Crippen LogP contribution in [0, 0.1) is 0 Å². The highest BCUT2D eigenvalue weighted by atomic mass is 16.3. The molecular weight excluding hydrogens is 156 g/mol. The van der Waals surface area contributed by atoms with Crippen molar-refractivity contribution < 1.29 is 5.11 Å². The zero-order valence-electron chi connectivity index (χ0n) is 7.28. The van der Waals surface area contributed by atoms with Gasteiger partial charge < -0.3 is 16.2 Å². The monoisotopic (exact) mass is 170 g/mol. The van der Waals surface area contributed by atoms with E-state index in [0.29, 0.717) is 11.5 Å². The zero-order valence-corrected chi connectivity index (χ0v) is 7.28. The number of nitrogen functional groups attached to an aromatic ring is 1. The molecule has 0 amide bonds. The number of rotatable bonds is 3. The molecule has 0 saturated heterocycles. The summed E-state index contributed by atoms with van der Waals surface area (Å²) in [5.74, 6) is 0.624. The van der Waals surface area contributed by atoms with E-state index in [4.69, 9.17) is 10.8 Å². The number of hydrogen-bond acceptors (Lipinski definition) is 4. The van der Waals surface area contributed by atoms with E-state index in [2.05, 4.69) is 10.4 Å². The summed E-state index contributed by atoms with van der Waals surface area (Å²) in [6.07, 6.45) is 1.71. The molecule has 0 radical (unpaired) electrons. The maximum absolute atomic E-state index is 8.76. The topological polar surface area (TPSA) is 76.1 Å². The lowest BCUT2D eigenvalue weighted by molar-refractivity contribution is 0.281. The van der Waals surface area contributed by atoms with Crippen molar-refractivity contribution >= 4 is 11.5 Å². The first-order valence-corrected chi connectivity index (χ1v) is 3.80. The minimum Gasteiger partial charge on any atom is -0.394 e. The Labute approximate surface area is 71.2 Å². The molecule has 0 bridgehead atoms. The van der Waals surface area contributed by atoms with Gasteiger partial charge in [-0.05, 0) is 6.92 Å². The molecule has 0 fully saturated rings. The summed E-state index contributed by atoms with van der Waals surface area (Å²) in [6.45, 7) is 1.92. The van der Waals surface area contributed by atoms with E-state index in [1.807, 2.05) is 6.92 Å². The largest absolute Gasteiger partial charge is 0.394 e. The van der Waals surface area contributed by atoms with Crippen LogP contribution in [0.5, 0.6) is 0 Å². The Morgan fingerprint density at radius 1 is 1.83 bits per heavy atom. The van der Waals surface area contributed by atoms with Gasteiger partial charge in [-0.15, -0.1) is 0 Å². The number of aliphatic hydroxyl groups is 1. The molecule has 0 aliphatic rings. The number of nitrogens with two attached hydrogens (primary N) is 1. The quantitative estimate of drug-likeness (QED) is 0.587. The van der Waals surface area contributed by atoms with Gasteiger partial charge in [-0.2, -0.15) is 5.10 Å². The molecule has 1 unspecified atom stereocenters. The summed E-state index contributed by atoms with van der Waals surface area (Å²) >= 11 is 0. The standard InChI is InChI=1S/C7H14N4O/c1-5(4-12)9-7-6(8)3-11(2)10-7/h3,5,12H,4,8H2,1-2H3,(H,9,10). The highest BCUT2D eigenvalue weighted by Gasteiger charge is 2.06. The van der Waals surface area contributed by atoms with Crippen LogP contribution in [0.25, 0.3) is 0 Å². The first kappa shape index (κ1) is 8.86. The number of aromatic nitrogens is 2. The van der Waals surface area contributed by atoms with E-state index in [1.165, 1.54) is 0 Å². The minimum absolute atomic E-state index is 0.0257. The first-order chi connectivity index (χ1) is 5.63. The Morgan fingerprint density at radius 2 is 2.50 bits per heavy atom. The second-order valence-corrected chi connectivity index (χ2v) is 2.83. The summed E-state index contributed by atoms with van der Waals surface area (Å²) < 4.78 is 1.63. The van der Waals surface area contributed by atoms with E-state index in [0.717, 1.165) is 0 Å². The Balaban J connectivity index is 2.68. The maximum Gasteiger partial charge on any atom is 0.171 e. The Hall–Kier alpha value is -1.23. The maximum atomic E-state index is 8.76. The van der Waals surface area contributed by atoms with E-state index >= 15 is 0 Å². The molecule has 0 aliphatic carbocycles. The molecule has 1 atom stereocenters. The van der Waals surface area contributed by atoms with Crippen molar-refractivity contribution in [1.29, 1.82) is 0 Å². The van der Waals surface area contributed by atoms with Crippen LogP contribution < -0.4 is 11.1 Å². The molecule has 5 heteroatoms. The molecule has 68 valence electrons. The fourth-order valence-corrected chi connectivity index (χ4v) is 0.898. The summed E-state index contributed by atoms with van der Waals surface area (Å²) in [6, 6.07) is -0.0257. The second kappa shape index (κ2) is 3.44. The average Bonchev–Trinajstić information content (AvgIpc) is 2.30. The first-order valence-electron chi connectivity index (χ1n) is 3.80. The van der Waals surface area contributed by atoms with E-state index in [1.54, 1.807) is 17.9 Å². The van der Waals surface area contributed by atoms with Crippen molar-refractivity contribution in [2.75, 3.05) is 17.7 Å². The molecule has 0 spiro atoms.